The maximum absolute atomic E-state index is 11.0. The van der Waals surface area contributed by atoms with Crippen molar-refractivity contribution in [2.24, 2.45) is 5.73 Å². The average Bonchev–Trinajstić information content (AvgIpc) is 2.84. The normalized spacial score (nSPS) is 10.9. The van der Waals surface area contributed by atoms with Crippen LogP contribution in [-0.4, -0.2) is 26.2 Å². The van der Waals surface area contributed by atoms with Gasteiger partial charge in [-0.25, -0.2) is 9.97 Å². The number of imidazole rings is 1. The number of primary amides is 1. The van der Waals surface area contributed by atoms with Crippen LogP contribution < -0.4 is 5.73 Å². The first-order chi connectivity index (χ1) is 10.2. The van der Waals surface area contributed by atoms with Crippen molar-refractivity contribution in [3.05, 3.63) is 54.2 Å². The number of aromatic nitrogens is 3. The summed E-state index contributed by atoms with van der Waals surface area (Å²) >= 11 is 1.34. The Morgan fingerprint density at radius 1 is 1.19 bits per heavy atom. The maximum atomic E-state index is 11.0. The lowest BCUT2D eigenvalue weighted by atomic mass is 10.2. The highest BCUT2D eigenvalue weighted by atomic mass is 32.2. The molecule has 0 unspecified atom stereocenters. The van der Waals surface area contributed by atoms with Gasteiger partial charge in [0.1, 0.15) is 5.52 Å². The number of carbonyl (C=O) groups is 1. The number of nitrogens with two attached hydrogens (primary N) is 1. The summed E-state index contributed by atoms with van der Waals surface area (Å²) in [5, 5.41) is 0.756. The van der Waals surface area contributed by atoms with Gasteiger partial charge in [-0.3, -0.25) is 9.36 Å². The van der Waals surface area contributed by atoms with Gasteiger partial charge in [0.05, 0.1) is 12.3 Å². The first-order valence-corrected chi connectivity index (χ1v) is 7.49. The Morgan fingerprint density at radius 2 is 2.00 bits per heavy atom. The molecule has 6 heteroatoms. The quantitative estimate of drug-likeness (QED) is 0.732. The summed E-state index contributed by atoms with van der Waals surface area (Å²) < 4.78 is 2.01. The molecule has 5 nitrogen and oxygen atoms in total. The Kier molecular flexibility index (Phi) is 3.87. The number of nitrogens with zero attached hydrogens (tertiary/aromatic N) is 3. The summed E-state index contributed by atoms with van der Waals surface area (Å²) in [7, 11) is 0. The van der Waals surface area contributed by atoms with Gasteiger partial charge in [0.2, 0.25) is 5.91 Å². The smallest absolute Gasteiger partial charge is 0.227 e. The van der Waals surface area contributed by atoms with E-state index in [1.165, 1.54) is 11.8 Å². The molecule has 0 fully saturated rings. The molecule has 0 radical (unpaired) electrons. The van der Waals surface area contributed by atoms with Crippen LogP contribution in [0.3, 0.4) is 0 Å². The van der Waals surface area contributed by atoms with Crippen LogP contribution in [0.4, 0.5) is 0 Å². The van der Waals surface area contributed by atoms with Crippen molar-refractivity contribution in [2.45, 2.75) is 11.7 Å². The molecular formula is C15H14N4OS. The Balaban J connectivity index is 2.00. The molecule has 21 heavy (non-hydrogen) atoms. The molecule has 2 N–H and O–H groups in total. The molecule has 106 valence electrons. The highest BCUT2D eigenvalue weighted by Gasteiger charge is 2.13. The number of fused-ring (bicyclic) bond motifs is 1. The van der Waals surface area contributed by atoms with Crippen molar-refractivity contribution in [2.75, 3.05) is 5.75 Å². The third-order valence-corrected chi connectivity index (χ3v) is 3.99. The second-order valence-electron chi connectivity index (χ2n) is 4.57. The van der Waals surface area contributed by atoms with Gasteiger partial charge in [0, 0.05) is 6.20 Å². The third-order valence-electron chi connectivity index (χ3n) is 3.00. The second kappa shape index (κ2) is 5.97. The fraction of sp³-hybridized carbons (Fsp3) is 0.133. The molecule has 1 amide bonds. The molecule has 2 heterocycles. The average molecular weight is 298 g/mol. The van der Waals surface area contributed by atoms with Crippen LogP contribution in [0.15, 0.2) is 53.8 Å². The molecule has 3 aromatic rings. The number of pyridine rings is 1. The van der Waals surface area contributed by atoms with Crippen LogP contribution in [0, 0.1) is 0 Å². The van der Waals surface area contributed by atoms with Crippen LogP contribution in [0.1, 0.15) is 5.56 Å². The van der Waals surface area contributed by atoms with Crippen molar-refractivity contribution in [1.82, 2.24) is 14.5 Å². The van der Waals surface area contributed by atoms with Crippen LogP contribution in [-0.2, 0) is 11.3 Å². The number of hydrogen-bond acceptors (Lipinski definition) is 4. The predicted molar refractivity (Wildman–Crippen MR) is 83.0 cm³/mol. The van der Waals surface area contributed by atoms with Crippen LogP contribution >= 0.6 is 11.8 Å². The van der Waals surface area contributed by atoms with Gasteiger partial charge in [-0.1, -0.05) is 42.1 Å². The van der Waals surface area contributed by atoms with Crippen LogP contribution in [0.2, 0.25) is 0 Å². The van der Waals surface area contributed by atoms with Gasteiger partial charge < -0.3 is 5.73 Å². The van der Waals surface area contributed by atoms with E-state index in [0.29, 0.717) is 6.54 Å². The molecule has 0 aliphatic carbocycles. The van der Waals surface area contributed by atoms with Crippen molar-refractivity contribution >= 4 is 28.8 Å². The molecule has 2 aromatic heterocycles. The molecular weight excluding hydrogens is 284 g/mol. The van der Waals surface area contributed by atoms with Crippen LogP contribution in [0.25, 0.3) is 11.2 Å². The molecule has 0 spiro atoms. The van der Waals surface area contributed by atoms with Crippen LogP contribution in [0.5, 0.6) is 0 Å². The van der Waals surface area contributed by atoms with E-state index in [9.17, 15) is 4.79 Å². The molecule has 0 bridgehead atoms. The number of hydrogen-bond donors (Lipinski definition) is 1. The minimum atomic E-state index is -0.355. The monoisotopic (exact) mass is 298 g/mol. The Labute approximate surface area is 126 Å². The summed E-state index contributed by atoms with van der Waals surface area (Å²) in [4.78, 5) is 19.9. The van der Waals surface area contributed by atoms with Crippen molar-refractivity contribution < 1.29 is 4.79 Å². The van der Waals surface area contributed by atoms with Gasteiger partial charge in [-0.15, -0.1) is 0 Å². The Morgan fingerprint density at radius 3 is 2.76 bits per heavy atom. The maximum Gasteiger partial charge on any atom is 0.227 e. The van der Waals surface area contributed by atoms with E-state index in [1.54, 1.807) is 6.20 Å². The van der Waals surface area contributed by atoms with E-state index < -0.39 is 0 Å². The van der Waals surface area contributed by atoms with E-state index in [2.05, 4.69) is 22.1 Å². The molecule has 0 atom stereocenters. The van der Waals surface area contributed by atoms with E-state index >= 15 is 0 Å². The van der Waals surface area contributed by atoms with E-state index in [-0.39, 0.29) is 11.7 Å². The summed E-state index contributed by atoms with van der Waals surface area (Å²) in [6.45, 7) is 0.662. The van der Waals surface area contributed by atoms with Gasteiger partial charge in [-0.05, 0) is 17.7 Å². The zero-order chi connectivity index (χ0) is 14.7. The van der Waals surface area contributed by atoms with E-state index in [4.69, 9.17) is 5.73 Å². The van der Waals surface area contributed by atoms with Gasteiger partial charge >= 0.3 is 0 Å². The first-order valence-electron chi connectivity index (χ1n) is 6.50. The number of benzene rings is 1. The predicted octanol–water partition coefficient (Wildman–Crippen LogP) is 2.06. The highest BCUT2D eigenvalue weighted by Crippen LogP contribution is 2.23. The van der Waals surface area contributed by atoms with Gasteiger partial charge in [-0.2, -0.15) is 0 Å². The number of rotatable bonds is 5. The summed E-state index contributed by atoms with van der Waals surface area (Å²) in [5.74, 6) is -0.149. The third kappa shape index (κ3) is 3.05. The van der Waals surface area contributed by atoms with Crippen molar-refractivity contribution in [3.8, 4) is 0 Å². The largest absolute Gasteiger partial charge is 0.369 e. The highest BCUT2D eigenvalue weighted by molar-refractivity contribution is 7.99. The lowest BCUT2D eigenvalue weighted by molar-refractivity contribution is -0.115. The molecule has 0 saturated heterocycles. The summed E-state index contributed by atoms with van der Waals surface area (Å²) in [6.07, 6.45) is 1.74. The van der Waals surface area contributed by atoms with E-state index in [0.717, 1.165) is 21.9 Å². The first kappa shape index (κ1) is 13.6. The van der Waals surface area contributed by atoms with Crippen molar-refractivity contribution in [1.29, 1.82) is 0 Å². The lowest BCUT2D eigenvalue weighted by Gasteiger charge is -2.07. The standard InChI is InChI=1S/C15H14N4OS/c16-13(20)10-21-15-18-12-7-4-8-17-14(12)19(15)9-11-5-2-1-3-6-11/h1-8H,9-10H2,(H2,16,20). The number of carbonyl (C=O) groups excluding carboxylic acids is 1. The fourth-order valence-electron chi connectivity index (χ4n) is 2.09. The molecule has 0 aliphatic heterocycles. The summed E-state index contributed by atoms with van der Waals surface area (Å²) in [6, 6.07) is 13.9. The fourth-order valence-corrected chi connectivity index (χ4v) is 2.83. The topological polar surface area (TPSA) is 73.8 Å². The van der Waals surface area contributed by atoms with Gasteiger partial charge in [0.25, 0.3) is 0 Å². The molecule has 0 saturated carbocycles. The van der Waals surface area contributed by atoms with Gasteiger partial charge in [0.15, 0.2) is 10.8 Å². The van der Waals surface area contributed by atoms with E-state index in [1.807, 2.05) is 34.9 Å². The van der Waals surface area contributed by atoms with Crippen molar-refractivity contribution in [3.63, 3.8) is 0 Å². The minimum absolute atomic E-state index is 0.206. The molecule has 1 aromatic carbocycles. The SMILES string of the molecule is NC(=O)CSc1nc2cccnc2n1Cc1ccccc1. The Hall–Kier alpha value is -2.34. The zero-order valence-electron chi connectivity index (χ0n) is 11.3. The Bertz CT molecular complexity index is 770. The minimum Gasteiger partial charge on any atom is -0.369 e. The zero-order valence-corrected chi connectivity index (χ0v) is 12.1. The number of amides is 1. The molecule has 0 aliphatic rings. The lowest BCUT2D eigenvalue weighted by Crippen LogP contribution is -2.14. The second-order valence-corrected chi connectivity index (χ2v) is 5.51. The number of thioether (sulfide) groups is 1. The molecule has 3 rings (SSSR count). The summed E-state index contributed by atoms with van der Waals surface area (Å²) in [5.41, 5.74) is 8.01.